The lowest BCUT2D eigenvalue weighted by Gasteiger charge is -2.16. The van der Waals surface area contributed by atoms with Gasteiger partial charge in [0.1, 0.15) is 5.69 Å². The third-order valence-electron chi connectivity index (χ3n) is 3.85. The lowest BCUT2D eigenvalue weighted by molar-refractivity contribution is -0.138. The highest BCUT2D eigenvalue weighted by Crippen LogP contribution is 2.34. The number of carboxylic acids is 1. The first-order chi connectivity index (χ1) is 10.0. The van der Waals surface area contributed by atoms with Gasteiger partial charge in [0, 0.05) is 23.4 Å². The predicted octanol–water partition coefficient (Wildman–Crippen LogP) is -0.791. The number of hydrogen-bond donors (Lipinski definition) is 4. The zero-order valence-corrected chi connectivity index (χ0v) is 11.3. The Labute approximate surface area is 120 Å². The van der Waals surface area contributed by atoms with Gasteiger partial charge in [-0.3, -0.25) is 9.98 Å². The molecule has 21 heavy (non-hydrogen) atoms. The second kappa shape index (κ2) is 4.85. The molecule has 0 spiro atoms. The number of benzene rings is 1. The number of aliphatic imine (C=N–C) groups is 1. The van der Waals surface area contributed by atoms with Gasteiger partial charge < -0.3 is 21.7 Å². The quantitative estimate of drug-likeness (QED) is 0.425. The van der Waals surface area contributed by atoms with E-state index >= 15 is 0 Å². The molecule has 2 heterocycles. The van der Waals surface area contributed by atoms with Crippen molar-refractivity contribution in [1.29, 1.82) is 0 Å². The first-order valence-corrected chi connectivity index (χ1v) is 6.75. The van der Waals surface area contributed by atoms with Crippen LogP contribution in [-0.4, -0.2) is 35.0 Å². The van der Waals surface area contributed by atoms with Crippen molar-refractivity contribution < 1.29 is 15.0 Å². The Bertz CT molecular complexity index is 783. The molecule has 1 aromatic rings. The molecular weight excluding hydrogens is 272 g/mol. The smallest absolute Gasteiger partial charge is 0.328 e. The molecule has 1 aromatic carbocycles. The number of nitrogen functional groups attached to an aromatic ring is 1. The van der Waals surface area contributed by atoms with E-state index in [0.29, 0.717) is 41.2 Å². The van der Waals surface area contributed by atoms with E-state index in [0.717, 1.165) is 5.57 Å². The molecule has 0 amide bonds. The van der Waals surface area contributed by atoms with E-state index in [1.54, 1.807) is 6.21 Å². The Morgan fingerprint density at radius 3 is 2.90 bits per heavy atom. The van der Waals surface area contributed by atoms with Crippen LogP contribution in [0.2, 0.25) is 0 Å². The molecule has 0 aliphatic carbocycles. The number of nitrogens with two attached hydrogens (primary N) is 2. The van der Waals surface area contributed by atoms with E-state index in [2.05, 4.69) is 9.98 Å². The zero-order valence-electron chi connectivity index (χ0n) is 11.3. The van der Waals surface area contributed by atoms with Gasteiger partial charge in [-0.2, -0.15) is 0 Å². The summed E-state index contributed by atoms with van der Waals surface area (Å²) in [5, 5.41) is 20.7. The van der Waals surface area contributed by atoms with E-state index in [1.165, 1.54) is 0 Å². The minimum Gasteiger partial charge on any atom is -0.504 e. The second-order valence-electron chi connectivity index (χ2n) is 5.18. The Balaban J connectivity index is 2.32. The molecule has 2 aliphatic rings. The number of phenolic OH excluding ortho intramolecular Hbond substituents is 1. The van der Waals surface area contributed by atoms with E-state index < -0.39 is 12.0 Å². The number of phenols is 1. The molecule has 0 unspecified atom stereocenters. The summed E-state index contributed by atoms with van der Waals surface area (Å²) in [6, 6.07) is -0.842. The summed E-state index contributed by atoms with van der Waals surface area (Å²) < 4.78 is 0. The molecule has 3 rings (SSSR count). The fourth-order valence-electron chi connectivity index (χ4n) is 2.80. The van der Waals surface area contributed by atoms with Crippen molar-refractivity contribution in [3.8, 4) is 5.75 Å². The van der Waals surface area contributed by atoms with Gasteiger partial charge in [-0.15, -0.1) is 0 Å². The van der Waals surface area contributed by atoms with Crippen molar-refractivity contribution in [2.75, 3.05) is 12.3 Å². The Morgan fingerprint density at radius 2 is 2.24 bits per heavy atom. The maximum absolute atomic E-state index is 11.3. The standard InChI is InChI=1S/C14H16N4O3/c15-3-1-2-7-10(16)13(19)12-9-6(5-17-12)4-8(14(20)21)18-11(7)9/h5,8,19H,1-4,15-16H2,(H,20,21)/t8-/m0/s1. The van der Waals surface area contributed by atoms with Crippen LogP contribution in [0, 0.1) is 0 Å². The molecule has 7 nitrogen and oxygen atoms in total. The van der Waals surface area contributed by atoms with E-state index in [1.807, 2.05) is 0 Å². The summed E-state index contributed by atoms with van der Waals surface area (Å²) >= 11 is 0. The normalized spacial score (nSPS) is 18.5. The maximum atomic E-state index is 11.3. The van der Waals surface area contributed by atoms with Crippen LogP contribution in [0.15, 0.2) is 9.98 Å². The summed E-state index contributed by atoms with van der Waals surface area (Å²) in [4.78, 5) is 19.7. The number of hydrogen-bond acceptors (Lipinski definition) is 6. The Morgan fingerprint density at radius 1 is 1.48 bits per heavy atom. The third-order valence-corrected chi connectivity index (χ3v) is 3.85. The van der Waals surface area contributed by atoms with Gasteiger partial charge >= 0.3 is 5.97 Å². The number of aliphatic carboxylic acids is 1. The van der Waals surface area contributed by atoms with Crippen LogP contribution in [-0.2, 0) is 11.2 Å². The van der Waals surface area contributed by atoms with E-state index in [4.69, 9.17) is 11.5 Å². The van der Waals surface area contributed by atoms with Crippen molar-refractivity contribution in [2.45, 2.75) is 25.3 Å². The molecule has 110 valence electrons. The number of carboxylic acid groups (broad SMARTS) is 1. The molecule has 1 atom stereocenters. The first-order valence-electron chi connectivity index (χ1n) is 6.75. The van der Waals surface area contributed by atoms with Gasteiger partial charge in [0.15, 0.2) is 11.8 Å². The minimum absolute atomic E-state index is 0.0593. The summed E-state index contributed by atoms with van der Waals surface area (Å²) in [5.41, 5.74) is 13.6. The predicted molar refractivity (Wildman–Crippen MR) is 78.3 cm³/mol. The summed E-state index contributed by atoms with van der Waals surface area (Å²) in [6.07, 6.45) is 3.09. The fourth-order valence-corrected chi connectivity index (χ4v) is 2.80. The van der Waals surface area contributed by atoms with Crippen molar-refractivity contribution in [2.24, 2.45) is 15.7 Å². The highest BCUT2D eigenvalue weighted by Gasteiger charge is 2.28. The van der Waals surface area contributed by atoms with Gasteiger partial charge in [-0.05, 0) is 25.0 Å². The lowest BCUT2D eigenvalue weighted by Crippen LogP contribution is -2.39. The van der Waals surface area contributed by atoms with Crippen LogP contribution in [0.5, 0.6) is 5.75 Å². The highest BCUT2D eigenvalue weighted by molar-refractivity contribution is 6.09. The molecule has 0 saturated heterocycles. The molecular formula is C14H16N4O3. The summed E-state index contributed by atoms with van der Waals surface area (Å²) in [7, 11) is 0. The number of nitrogens with zero attached hydrogens (tertiary/aromatic N) is 2. The topological polar surface area (TPSA) is 134 Å². The highest BCUT2D eigenvalue weighted by atomic mass is 16.4. The number of rotatable bonds is 4. The van der Waals surface area contributed by atoms with Crippen LogP contribution in [0.3, 0.4) is 0 Å². The molecule has 0 aromatic heterocycles. The Hall–Kier alpha value is -2.41. The first kappa shape index (κ1) is 13.6. The SMILES string of the molecule is NCCCc1c(N)c(O)c2c3c1=N[C@H](C(=O)O)CC=3C=N2. The van der Waals surface area contributed by atoms with Crippen molar-refractivity contribution >= 4 is 29.1 Å². The van der Waals surface area contributed by atoms with Gasteiger partial charge in [0.25, 0.3) is 0 Å². The van der Waals surface area contributed by atoms with Crippen LogP contribution >= 0.6 is 0 Å². The molecule has 0 radical (unpaired) electrons. The van der Waals surface area contributed by atoms with E-state index in [9.17, 15) is 15.0 Å². The summed E-state index contributed by atoms with van der Waals surface area (Å²) in [6.45, 7) is 0.478. The average Bonchev–Trinajstić information content (AvgIpc) is 2.89. The molecule has 0 bridgehead atoms. The minimum atomic E-state index is -0.980. The largest absolute Gasteiger partial charge is 0.504 e. The van der Waals surface area contributed by atoms with Gasteiger partial charge in [-0.1, -0.05) is 0 Å². The third kappa shape index (κ3) is 1.97. The molecule has 0 fully saturated rings. The maximum Gasteiger partial charge on any atom is 0.328 e. The van der Waals surface area contributed by atoms with Gasteiger partial charge in [0.05, 0.1) is 11.0 Å². The number of anilines is 1. The van der Waals surface area contributed by atoms with Crippen molar-refractivity contribution in [1.82, 2.24) is 0 Å². The van der Waals surface area contributed by atoms with Crippen molar-refractivity contribution in [3.05, 3.63) is 16.1 Å². The van der Waals surface area contributed by atoms with Crippen LogP contribution in [0.4, 0.5) is 11.4 Å². The Kier molecular flexibility index (Phi) is 3.13. The molecule has 0 saturated carbocycles. The van der Waals surface area contributed by atoms with Crippen molar-refractivity contribution in [3.63, 3.8) is 0 Å². The molecule has 2 aliphatic heterocycles. The summed E-state index contributed by atoms with van der Waals surface area (Å²) in [5.74, 6) is -1.04. The average molecular weight is 288 g/mol. The lowest BCUT2D eigenvalue weighted by atomic mass is 9.96. The van der Waals surface area contributed by atoms with Gasteiger partial charge in [-0.25, -0.2) is 4.79 Å². The number of aromatic hydroxyl groups is 1. The molecule has 7 heteroatoms. The zero-order chi connectivity index (χ0) is 15.1. The second-order valence-corrected chi connectivity index (χ2v) is 5.18. The monoisotopic (exact) mass is 288 g/mol. The van der Waals surface area contributed by atoms with Crippen LogP contribution in [0.25, 0.3) is 5.57 Å². The van der Waals surface area contributed by atoms with Crippen LogP contribution in [0.1, 0.15) is 18.4 Å². The molecule has 6 N–H and O–H groups in total. The van der Waals surface area contributed by atoms with Crippen LogP contribution < -0.4 is 22.0 Å². The van der Waals surface area contributed by atoms with Gasteiger partial charge in [0.2, 0.25) is 0 Å². The number of carbonyl (C=O) groups is 1. The van der Waals surface area contributed by atoms with E-state index in [-0.39, 0.29) is 17.9 Å². The fraction of sp³-hybridized carbons (Fsp3) is 0.357.